The second-order valence-electron chi connectivity index (χ2n) is 11.0. The summed E-state index contributed by atoms with van der Waals surface area (Å²) in [5, 5.41) is 40.6. The average Bonchev–Trinajstić information content (AvgIpc) is 2.88. The van der Waals surface area contributed by atoms with E-state index < -0.39 is 48.7 Å². The van der Waals surface area contributed by atoms with E-state index in [2.05, 4.69) is 6.92 Å². The Bertz CT molecular complexity index is 956. The van der Waals surface area contributed by atoms with Crippen molar-refractivity contribution in [2.24, 2.45) is 17.8 Å². The van der Waals surface area contributed by atoms with E-state index in [1.165, 1.54) is 0 Å². The SMILES string of the molecule is CCc1ccc(C2(OC)OOC23C(CC)CC2CC(Cl)CC3C2)cc1O[C@@H]1O[C@H](CO)[C@H](O)[C@H](O)[C@H]1O. The zero-order valence-electron chi connectivity index (χ0n) is 21.6. The molecule has 2 heterocycles. The molecule has 10 heteroatoms. The minimum absolute atomic E-state index is 0.0877. The molecule has 2 saturated carbocycles. The number of halogens is 1. The second kappa shape index (κ2) is 10.5. The zero-order valence-corrected chi connectivity index (χ0v) is 22.3. The first-order valence-corrected chi connectivity index (χ1v) is 13.8. The van der Waals surface area contributed by atoms with Crippen molar-refractivity contribution >= 4 is 11.6 Å². The van der Waals surface area contributed by atoms with Crippen LogP contribution in [0.5, 0.6) is 5.75 Å². The van der Waals surface area contributed by atoms with Gasteiger partial charge in [-0.25, -0.2) is 4.89 Å². The molecule has 5 rings (SSSR count). The van der Waals surface area contributed by atoms with Gasteiger partial charge in [-0.05, 0) is 61.5 Å². The van der Waals surface area contributed by atoms with Crippen LogP contribution in [0.4, 0.5) is 0 Å². The van der Waals surface area contributed by atoms with Crippen molar-refractivity contribution in [3.63, 3.8) is 0 Å². The lowest BCUT2D eigenvalue weighted by atomic mass is 9.54. The van der Waals surface area contributed by atoms with Gasteiger partial charge in [0.25, 0.3) is 5.79 Å². The maximum Gasteiger partial charge on any atom is 0.260 e. The van der Waals surface area contributed by atoms with Crippen molar-refractivity contribution in [1.82, 2.24) is 0 Å². The molecule has 2 bridgehead atoms. The van der Waals surface area contributed by atoms with Crippen molar-refractivity contribution in [3.05, 3.63) is 29.3 Å². The van der Waals surface area contributed by atoms with Crippen molar-refractivity contribution in [1.29, 1.82) is 0 Å². The Kier molecular flexibility index (Phi) is 7.83. The van der Waals surface area contributed by atoms with E-state index in [0.29, 0.717) is 23.7 Å². The van der Waals surface area contributed by atoms with Gasteiger partial charge in [0.2, 0.25) is 6.29 Å². The number of hydrogen-bond donors (Lipinski definition) is 4. The molecule has 0 radical (unpaired) electrons. The summed E-state index contributed by atoms with van der Waals surface area (Å²) in [5.41, 5.74) is 0.858. The fourth-order valence-electron chi connectivity index (χ4n) is 7.21. The molecule has 1 spiro atoms. The second-order valence-corrected chi connectivity index (χ2v) is 11.6. The number of aryl methyl sites for hydroxylation is 1. The predicted molar refractivity (Wildman–Crippen MR) is 133 cm³/mol. The third-order valence-electron chi connectivity index (χ3n) is 9.09. The normalized spacial score (nSPS) is 45.5. The number of benzene rings is 1. The highest BCUT2D eigenvalue weighted by Gasteiger charge is 2.74. The number of fused-ring (bicyclic) bond motifs is 3. The molecule has 1 aromatic carbocycles. The summed E-state index contributed by atoms with van der Waals surface area (Å²) in [6.07, 6.45) is -1.48. The summed E-state index contributed by atoms with van der Waals surface area (Å²) >= 11 is 6.68. The van der Waals surface area contributed by atoms with Crippen LogP contribution >= 0.6 is 11.6 Å². The van der Waals surface area contributed by atoms with E-state index in [0.717, 1.165) is 37.7 Å². The predicted octanol–water partition coefficient (Wildman–Crippen LogP) is 2.38. The largest absolute Gasteiger partial charge is 0.462 e. The molecular weight excluding hydrogens is 504 g/mol. The number of ether oxygens (including phenoxy) is 3. The first-order chi connectivity index (χ1) is 17.7. The van der Waals surface area contributed by atoms with Crippen LogP contribution < -0.4 is 4.74 Å². The van der Waals surface area contributed by atoms with Gasteiger partial charge in [-0.15, -0.1) is 11.6 Å². The summed E-state index contributed by atoms with van der Waals surface area (Å²) in [6, 6.07) is 5.68. The van der Waals surface area contributed by atoms with Gasteiger partial charge in [-0.1, -0.05) is 32.4 Å². The monoisotopic (exact) mass is 542 g/mol. The van der Waals surface area contributed by atoms with E-state index in [1.54, 1.807) is 7.11 Å². The Morgan fingerprint density at radius 3 is 2.43 bits per heavy atom. The Hall–Kier alpha value is -1.01. The Morgan fingerprint density at radius 2 is 1.81 bits per heavy atom. The van der Waals surface area contributed by atoms with Crippen molar-refractivity contribution in [3.8, 4) is 5.75 Å². The highest BCUT2D eigenvalue weighted by molar-refractivity contribution is 6.20. The molecule has 0 aromatic heterocycles. The number of alkyl halides is 1. The topological polar surface area (TPSA) is 127 Å². The minimum atomic E-state index is -1.53. The number of methoxy groups -OCH3 is 1. The quantitative estimate of drug-likeness (QED) is 0.303. The molecule has 2 saturated heterocycles. The van der Waals surface area contributed by atoms with Crippen LogP contribution in [0.15, 0.2) is 18.2 Å². The van der Waals surface area contributed by atoms with Gasteiger partial charge in [0.15, 0.2) is 5.60 Å². The van der Waals surface area contributed by atoms with Gasteiger partial charge in [0, 0.05) is 18.1 Å². The lowest BCUT2D eigenvalue weighted by Crippen LogP contribution is -2.74. The van der Waals surface area contributed by atoms with Gasteiger partial charge >= 0.3 is 0 Å². The molecule has 1 aromatic rings. The van der Waals surface area contributed by atoms with Crippen LogP contribution in [-0.2, 0) is 31.5 Å². The van der Waals surface area contributed by atoms with Crippen LogP contribution in [-0.4, -0.2) is 75.8 Å². The lowest BCUT2D eigenvalue weighted by Gasteiger charge is -2.65. The van der Waals surface area contributed by atoms with E-state index >= 15 is 0 Å². The average molecular weight is 543 g/mol. The third-order valence-corrected chi connectivity index (χ3v) is 9.45. The molecule has 6 unspecified atom stereocenters. The first kappa shape index (κ1) is 27.6. The smallest absolute Gasteiger partial charge is 0.260 e. The van der Waals surface area contributed by atoms with E-state index in [9.17, 15) is 20.4 Å². The van der Waals surface area contributed by atoms with Gasteiger partial charge < -0.3 is 34.6 Å². The molecule has 4 aliphatic rings. The van der Waals surface area contributed by atoms with Crippen molar-refractivity contribution < 1.29 is 44.4 Å². The van der Waals surface area contributed by atoms with Crippen LogP contribution in [0.2, 0.25) is 0 Å². The molecular formula is C27H39ClO9. The fraction of sp³-hybridized carbons (Fsp3) is 0.778. The highest BCUT2D eigenvalue weighted by Crippen LogP contribution is 2.65. The number of rotatable bonds is 7. The van der Waals surface area contributed by atoms with Crippen LogP contribution in [0.3, 0.4) is 0 Å². The minimum Gasteiger partial charge on any atom is -0.462 e. The first-order valence-electron chi connectivity index (χ1n) is 13.4. The fourth-order valence-corrected chi connectivity index (χ4v) is 7.67. The van der Waals surface area contributed by atoms with Crippen molar-refractivity contribution in [2.45, 2.75) is 99.8 Å². The van der Waals surface area contributed by atoms with Crippen LogP contribution in [0.25, 0.3) is 0 Å². The van der Waals surface area contributed by atoms with Crippen LogP contribution in [0.1, 0.15) is 57.1 Å². The number of aliphatic hydroxyl groups is 4. The molecule has 37 heavy (non-hydrogen) atoms. The Labute approximate surface area is 222 Å². The zero-order chi connectivity index (χ0) is 26.5. The molecule has 11 atom stereocenters. The molecule has 9 nitrogen and oxygen atoms in total. The number of hydrogen-bond acceptors (Lipinski definition) is 9. The summed E-state index contributed by atoms with van der Waals surface area (Å²) in [6.45, 7) is 3.61. The van der Waals surface area contributed by atoms with E-state index in [1.807, 2.05) is 25.1 Å². The van der Waals surface area contributed by atoms with Gasteiger partial charge in [-0.3, -0.25) is 0 Å². The third kappa shape index (κ3) is 4.22. The summed E-state index contributed by atoms with van der Waals surface area (Å²) in [4.78, 5) is 12.0. The van der Waals surface area contributed by atoms with Gasteiger partial charge in [0.1, 0.15) is 30.2 Å². The van der Waals surface area contributed by atoms with E-state index in [-0.39, 0.29) is 17.2 Å². The highest BCUT2D eigenvalue weighted by atomic mass is 35.5. The number of aliphatic hydroxyl groups excluding tert-OH is 4. The standard InChI is InChI=1S/C27H39ClO9/c1-4-15-6-7-17(12-20(15)34-25-24(32)23(31)22(30)21(13-29)35-25)27(33-3)26(36-37-27)16(5-2)8-14-9-18(26)11-19(28)10-14/h6-7,12,14,16,18-19,21-25,29-32H,4-5,8-11,13H2,1-3H3/t14?,16?,18?,19?,21-,22+,23+,24-,25-,26?,27?/m1/s1. The van der Waals surface area contributed by atoms with Crippen molar-refractivity contribution in [2.75, 3.05) is 13.7 Å². The molecule has 4 N–H and O–H groups in total. The Balaban J connectivity index is 1.51. The molecule has 2 aliphatic heterocycles. The maximum absolute atomic E-state index is 10.5. The summed E-state index contributed by atoms with van der Waals surface area (Å²) in [7, 11) is 1.62. The Morgan fingerprint density at radius 1 is 1.03 bits per heavy atom. The van der Waals surface area contributed by atoms with Gasteiger partial charge in [-0.2, -0.15) is 4.89 Å². The lowest BCUT2D eigenvalue weighted by molar-refractivity contribution is -0.641. The van der Waals surface area contributed by atoms with Crippen LogP contribution in [0, 0.1) is 17.8 Å². The molecule has 2 aliphatic carbocycles. The summed E-state index contributed by atoms with van der Waals surface area (Å²) < 4.78 is 17.9. The molecule has 4 fully saturated rings. The molecule has 0 amide bonds. The summed E-state index contributed by atoms with van der Waals surface area (Å²) in [5.74, 6) is 0.198. The molecule has 208 valence electrons. The van der Waals surface area contributed by atoms with Gasteiger partial charge in [0.05, 0.1) is 6.61 Å². The maximum atomic E-state index is 10.5. The van der Waals surface area contributed by atoms with E-state index in [4.69, 9.17) is 35.6 Å².